The fourth-order valence-corrected chi connectivity index (χ4v) is 10.0. The van der Waals surface area contributed by atoms with Crippen LogP contribution >= 0.6 is 0 Å². The first-order chi connectivity index (χ1) is 30.2. The molecule has 2 N–H and O–H groups in total. The summed E-state index contributed by atoms with van der Waals surface area (Å²) in [5.41, 5.74) is 22.5. The van der Waals surface area contributed by atoms with Gasteiger partial charge in [-0.05, 0) is 86.1 Å². The van der Waals surface area contributed by atoms with E-state index in [-0.39, 0.29) is 0 Å². The number of nitrogens with two attached hydrogens (primary N) is 1. The van der Waals surface area contributed by atoms with Gasteiger partial charge in [0.15, 0.2) is 0 Å². The van der Waals surface area contributed by atoms with Crippen molar-refractivity contribution in [2.45, 2.75) is 5.41 Å². The van der Waals surface area contributed by atoms with Crippen molar-refractivity contribution in [3.63, 3.8) is 0 Å². The highest BCUT2D eigenvalue weighted by molar-refractivity contribution is 6.09. The van der Waals surface area contributed by atoms with Crippen LogP contribution in [0, 0.1) is 11.8 Å². The van der Waals surface area contributed by atoms with E-state index in [9.17, 15) is 0 Å². The van der Waals surface area contributed by atoms with E-state index in [0.717, 1.165) is 61.1 Å². The molecule has 284 valence electrons. The van der Waals surface area contributed by atoms with Crippen molar-refractivity contribution in [2.24, 2.45) is 10.7 Å². The number of hydrogen-bond acceptors (Lipinski definition) is 1. The topological polar surface area (TPSA) is 43.3 Å². The maximum Gasteiger partial charge on any atom is 0.131 e. The molecule has 9 aromatic carbocycles. The standard InChI is InChI=1S/C58H37N3/c59-57(41-16-2-1-3-17-41)60-56-49-35-31-42(38-29-33-43(34-30-38)61-54-27-12-8-23-47(54)48-24-9-13-28-55(48)61)37-53(49)58(50-25-10-6-21-45(50)46-22-7-11-26-51(46)58)52(56)36-32-40-19-14-18-39-15-4-5-20-44(39)40/h1-31,33-35,37H,(H2,59,60). The van der Waals surface area contributed by atoms with Crippen molar-refractivity contribution in [3.05, 3.63) is 251 Å². The van der Waals surface area contributed by atoms with Gasteiger partial charge in [-0.3, -0.25) is 0 Å². The fourth-order valence-electron chi connectivity index (χ4n) is 10.0. The summed E-state index contributed by atoms with van der Waals surface area (Å²) in [6, 6.07) is 75.6. The third-order valence-electron chi connectivity index (χ3n) is 12.7. The normalized spacial score (nSPS) is 13.7. The molecule has 0 atom stereocenters. The van der Waals surface area contributed by atoms with Crippen molar-refractivity contribution in [3.8, 4) is 39.8 Å². The summed E-state index contributed by atoms with van der Waals surface area (Å²) in [6.07, 6.45) is 0. The van der Waals surface area contributed by atoms with Gasteiger partial charge in [0, 0.05) is 38.7 Å². The zero-order valence-corrected chi connectivity index (χ0v) is 33.2. The van der Waals surface area contributed by atoms with E-state index in [2.05, 4.69) is 198 Å². The van der Waals surface area contributed by atoms with E-state index in [0.29, 0.717) is 5.84 Å². The SMILES string of the molecule is NC(=NC1=C(C#Cc2cccc3ccccc23)C2(c3cc(-c4ccc(-n5c6ccccc6c6ccccc65)cc4)ccc31)c1ccccc1-c1ccccc12)c1ccccc1. The number of hydrogen-bond donors (Lipinski definition) is 1. The summed E-state index contributed by atoms with van der Waals surface area (Å²) in [7, 11) is 0. The third kappa shape index (κ3) is 5.23. The van der Waals surface area contributed by atoms with Crippen molar-refractivity contribution in [2.75, 3.05) is 0 Å². The van der Waals surface area contributed by atoms with Crippen LogP contribution in [-0.4, -0.2) is 10.4 Å². The minimum atomic E-state index is -0.741. The molecule has 1 heterocycles. The van der Waals surface area contributed by atoms with Gasteiger partial charge in [0.25, 0.3) is 0 Å². The Morgan fingerprint density at radius 1 is 0.459 bits per heavy atom. The van der Waals surface area contributed by atoms with Gasteiger partial charge < -0.3 is 10.3 Å². The highest BCUT2D eigenvalue weighted by Gasteiger charge is 2.53. The maximum absolute atomic E-state index is 6.96. The molecule has 0 amide bonds. The highest BCUT2D eigenvalue weighted by Crippen LogP contribution is 2.62. The molecule has 0 radical (unpaired) electrons. The molecular formula is C58H37N3. The quantitative estimate of drug-likeness (QED) is 0.108. The summed E-state index contributed by atoms with van der Waals surface area (Å²) in [4.78, 5) is 5.37. The van der Waals surface area contributed by atoms with Crippen molar-refractivity contribution in [1.82, 2.24) is 4.57 Å². The van der Waals surface area contributed by atoms with Crippen LogP contribution in [0.3, 0.4) is 0 Å². The smallest absolute Gasteiger partial charge is 0.131 e. The molecule has 1 spiro atoms. The van der Waals surface area contributed by atoms with Gasteiger partial charge in [0.05, 0.1) is 22.1 Å². The van der Waals surface area contributed by atoms with Crippen LogP contribution in [0.5, 0.6) is 0 Å². The van der Waals surface area contributed by atoms with Gasteiger partial charge in [-0.2, -0.15) is 0 Å². The molecule has 0 bridgehead atoms. The van der Waals surface area contributed by atoms with Gasteiger partial charge in [-0.15, -0.1) is 0 Å². The van der Waals surface area contributed by atoms with Crippen LogP contribution in [0.2, 0.25) is 0 Å². The second kappa shape index (κ2) is 13.7. The van der Waals surface area contributed by atoms with E-state index in [1.165, 1.54) is 44.1 Å². The molecule has 0 fully saturated rings. The molecule has 1 aromatic heterocycles. The Balaban J connectivity index is 1.10. The summed E-state index contributed by atoms with van der Waals surface area (Å²) in [6.45, 7) is 0. The highest BCUT2D eigenvalue weighted by atomic mass is 15.0. The van der Waals surface area contributed by atoms with Gasteiger partial charge in [0.1, 0.15) is 5.84 Å². The summed E-state index contributed by atoms with van der Waals surface area (Å²) >= 11 is 0. The monoisotopic (exact) mass is 775 g/mol. The van der Waals surface area contributed by atoms with E-state index in [1.54, 1.807) is 0 Å². The molecular weight excluding hydrogens is 739 g/mol. The first-order valence-corrected chi connectivity index (χ1v) is 20.8. The average Bonchev–Trinajstić information content (AvgIpc) is 3.92. The van der Waals surface area contributed by atoms with Crippen LogP contribution in [0.25, 0.3) is 66.2 Å². The Kier molecular flexibility index (Phi) is 7.82. The lowest BCUT2D eigenvalue weighted by atomic mass is 9.69. The van der Waals surface area contributed by atoms with Crippen molar-refractivity contribution in [1.29, 1.82) is 0 Å². The minimum absolute atomic E-state index is 0.451. The Bertz CT molecular complexity index is 3430. The molecule has 2 aliphatic rings. The van der Waals surface area contributed by atoms with Crippen LogP contribution in [-0.2, 0) is 5.41 Å². The molecule has 2 aliphatic carbocycles. The van der Waals surface area contributed by atoms with E-state index in [1.807, 2.05) is 30.3 Å². The lowest BCUT2D eigenvalue weighted by Crippen LogP contribution is -2.27. The number of nitrogens with zero attached hydrogens (tertiary/aromatic N) is 2. The molecule has 3 heteroatoms. The summed E-state index contributed by atoms with van der Waals surface area (Å²) < 4.78 is 2.37. The molecule has 12 rings (SSSR count). The Hall–Kier alpha value is -8.19. The average molecular weight is 776 g/mol. The number of fused-ring (bicyclic) bond motifs is 11. The number of aliphatic imine (C=N–C) groups is 1. The predicted octanol–water partition coefficient (Wildman–Crippen LogP) is 13.1. The Morgan fingerprint density at radius 2 is 1.03 bits per heavy atom. The predicted molar refractivity (Wildman–Crippen MR) is 253 cm³/mol. The number of benzene rings is 9. The lowest BCUT2D eigenvalue weighted by molar-refractivity contribution is 0.792. The molecule has 0 saturated carbocycles. The largest absolute Gasteiger partial charge is 0.383 e. The van der Waals surface area contributed by atoms with Gasteiger partial charge in [-0.25, -0.2) is 4.99 Å². The van der Waals surface area contributed by atoms with E-state index < -0.39 is 5.41 Å². The molecule has 0 unspecified atom stereocenters. The number of para-hydroxylation sites is 2. The van der Waals surface area contributed by atoms with Crippen LogP contribution in [0.15, 0.2) is 223 Å². The van der Waals surface area contributed by atoms with Crippen molar-refractivity contribution >= 4 is 44.1 Å². The number of rotatable bonds is 4. The summed E-state index contributed by atoms with van der Waals surface area (Å²) in [5, 5.41) is 4.78. The van der Waals surface area contributed by atoms with Gasteiger partial charge in [-0.1, -0.05) is 188 Å². The third-order valence-corrected chi connectivity index (χ3v) is 12.7. The molecule has 61 heavy (non-hydrogen) atoms. The first kappa shape index (κ1) is 34.8. The minimum Gasteiger partial charge on any atom is -0.383 e. The van der Waals surface area contributed by atoms with E-state index in [4.69, 9.17) is 10.7 Å². The molecule has 0 aliphatic heterocycles. The van der Waals surface area contributed by atoms with Crippen LogP contribution in [0.4, 0.5) is 0 Å². The zero-order chi connectivity index (χ0) is 40.5. The van der Waals surface area contributed by atoms with Crippen LogP contribution < -0.4 is 5.73 Å². The maximum atomic E-state index is 6.96. The van der Waals surface area contributed by atoms with Gasteiger partial charge in [0.2, 0.25) is 0 Å². The van der Waals surface area contributed by atoms with Gasteiger partial charge >= 0.3 is 0 Å². The first-order valence-electron chi connectivity index (χ1n) is 20.8. The fraction of sp³-hybridized carbons (Fsp3) is 0.0172. The number of amidine groups is 1. The Morgan fingerprint density at radius 3 is 1.74 bits per heavy atom. The van der Waals surface area contributed by atoms with Crippen molar-refractivity contribution < 1.29 is 0 Å². The van der Waals surface area contributed by atoms with E-state index >= 15 is 0 Å². The zero-order valence-electron chi connectivity index (χ0n) is 33.2. The number of allylic oxidation sites excluding steroid dienone is 1. The molecule has 3 nitrogen and oxygen atoms in total. The second-order valence-electron chi connectivity index (χ2n) is 15.9. The summed E-state index contributed by atoms with van der Waals surface area (Å²) in [5.74, 6) is 7.98. The Labute approximate surface area is 354 Å². The second-order valence-corrected chi connectivity index (χ2v) is 15.9. The lowest BCUT2D eigenvalue weighted by Gasteiger charge is -2.30. The molecule has 0 saturated heterocycles. The number of aromatic nitrogens is 1. The molecule has 10 aromatic rings. The van der Waals surface area contributed by atoms with Crippen LogP contribution in [0.1, 0.15) is 33.4 Å².